The second kappa shape index (κ2) is 7.83. The molecule has 25 heavy (non-hydrogen) atoms. The molecule has 2 heterocycles. The maximum atomic E-state index is 13.1. The highest BCUT2D eigenvalue weighted by molar-refractivity contribution is 5.92. The molecule has 0 radical (unpaired) electrons. The molecule has 0 aliphatic carbocycles. The summed E-state index contributed by atoms with van der Waals surface area (Å²) < 4.78 is 7.34. The molecule has 1 amide bonds. The molecule has 1 saturated heterocycles. The van der Waals surface area contributed by atoms with Crippen LogP contribution in [-0.2, 0) is 18.2 Å². The SMILES string of the molecule is CC(C)c1cc(C(=O)N(CCc2ccccc2)[C@H]2CCOC2)nn1C. The van der Waals surface area contributed by atoms with E-state index < -0.39 is 0 Å². The summed E-state index contributed by atoms with van der Waals surface area (Å²) in [4.78, 5) is 15.1. The lowest BCUT2D eigenvalue weighted by atomic mass is 10.1. The van der Waals surface area contributed by atoms with Crippen molar-refractivity contribution in [1.82, 2.24) is 14.7 Å². The van der Waals surface area contributed by atoms with Gasteiger partial charge in [0.05, 0.1) is 12.6 Å². The molecule has 0 N–H and O–H groups in total. The molecule has 1 aromatic carbocycles. The number of ether oxygens (including phenoxy) is 1. The average molecular weight is 341 g/mol. The molecule has 1 atom stereocenters. The van der Waals surface area contributed by atoms with E-state index in [0.29, 0.717) is 24.8 Å². The Morgan fingerprint density at radius 1 is 1.36 bits per heavy atom. The Kier molecular flexibility index (Phi) is 5.53. The second-order valence-corrected chi connectivity index (χ2v) is 6.98. The van der Waals surface area contributed by atoms with Crippen molar-refractivity contribution in [2.75, 3.05) is 19.8 Å². The Balaban J connectivity index is 1.78. The second-order valence-electron chi connectivity index (χ2n) is 6.98. The van der Waals surface area contributed by atoms with Crippen molar-refractivity contribution in [3.05, 3.63) is 53.3 Å². The molecule has 1 aromatic heterocycles. The normalized spacial score (nSPS) is 17.2. The van der Waals surface area contributed by atoms with Crippen LogP contribution in [0.3, 0.4) is 0 Å². The largest absolute Gasteiger partial charge is 0.379 e. The number of carbonyl (C=O) groups excluding carboxylic acids is 1. The fourth-order valence-electron chi connectivity index (χ4n) is 3.39. The van der Waals surface area contributed by atoms with E-state index in [1.54, 1.807) is 0 Å². The molecule has 1 fully saturated rings. The molecule has 2 aromatic rings. The van der Waals surface area contributed by atoms with E-state index in [1.165, 1.54) is 5.56 Å². The quantitative estimate of drug-likeness (QED) is 0.811. The van der Waals surface area contributed by atoms with Crippen molar-refractivity contribution < 1.29 is 9.53 Å². The maximum Gasteiger partial charge on any atom is 0.274 e. The van der Waals surface area contributed by atoms with Gasteiger partial charge >= 0.3 is 0 Å². The first-order valence-corrected chi connectivity index (χ1v) is 9.03. The van der Waals surface area contributed by atoms with Gasteiger partial charge in [0.1, 0.15) is 0 Å². The number of carbonyl (C=O) groups is 1. The third-order valence-corrected chi connectivity index (χ3v) is 4.82. The van der Waals surface area contributed by atoms with Crippen LogP contribution in [0, 0.1) is 0 Å². The van der Waals surface area contributed by atoms with Crippen LogP contribution in [0.5, 0.6) is 0 Å². The zero-order valence-corrected chi connectivity index (χ0v) is 15.3. The van der Waals surface area contributed by atoms with Crippen LogP contribution in [0.1, 0.15) is 47.9 Å². The minimum absolute atomic E-state index is 0.00827. The first-order valence-electron chi connectivity index (χ1n) is 9.03. The summed E-state index contributed by atoms with van der Waals surface area (Å²) in [5, 5.41) is 4.46. The number of aromatic nitrogens is 2. The van der Waals surface area contributed by atoms with E-state index in [4.69, 9.17) is 4.74 Å². The fourth-order valence-corrected chi connectivity index (χ4v) is 3.39. The summed E-state index contributed by atoms with van der Waals surface area (Å²) in [6.07, 6.45) is 1.73. The average Bonchev–Trinajstić information content (AvgIpc) is 3.25. The molecule has 0 saturated carbocycles. The Morgan fingerprint density at radius 3 is 2.72 bits per heavy atom. The Bertz CT molecular complexity index is 703. The molecule has 0 bridgehead atoms. The number of rotatable bonds is 6. The highest BCUT2D eigenvalue weighted by Gasteiger charge is 2.29. The van der Waals surface area contributed by atoms with Crippen LogP contribution in [0.25, 0.3) is 0 Å². The Labute approximate surface area is 149 Å². The van der Waals surface area contributed by atoms with Gasteiger partial charge in [-0.15, -0.1) is 0 Å². The number of aryl methyl sites for hydroxylation is 1. The van der Waals surface area contributed by atoms with Crippen LogP contribution in [-0.4, -0.2) is 46.4 Å². The first-order chi connectivity index (χ1) is 12.1. The smallest absolute Gasteiger partial charge is 0.274 e. The van der Waals surface area contributed by atoms with E-state index in [0.717, 1.165) is 25.1 Å². The molecule has 134 valence electrons. The van der Waals surface area contributed by atoms with Gasteiger partial charge in [-0.3, -0.25) is 9.48 Å². The zero-order chi connectivity index (χ0) is 17.8. The number of amides is 1. The Hall–Kier alpha value is -2.14. The van der Waals surface area contributed by atoms with Crippen molar-refractivity contribution in [3.63, 3.8) is 0 Å². The molecular weight excluding hydrogens is 314 g/mol. The van der Waals surface area contributed by atoms with Crippen molar-refractivity contribution >= 4 is 5.91 Å². The van der Waals surface area contributed by atoms with E-state index in [2.05, 4.69) is 31.1 Å². The lowest BCUT2D eigenvalue weighted by molar-refractivity contribution is 0.0649. The highest BCUT2D eigenvalue weighted by Crippen LogP contribution is 2.20. The summed E-state index contributed by atoms with van der Waals surface area (Å²) in [7, 11) is 1.90. The maximum absolute atomic E-state index is 13.1. The van der Waals surface area contributed by atoms with Gasteiger partial charge in [0.2, 0.25) is 0 Å². The lowest BCUT2D eigenvalue weighted by Gasteiger charge is -2.27. The summed E-state index contributed by atoms with van der Waals surface area (Å²) in [5.41, 5.74) is 2.85. The molecule has 5 nitrogen and oxygen atoms in total. The number of hydrogen-bond acceptors (Lipinski definition) is 3. The van der Waals surface area contributed by atoms with Crippen LogP contribution < -0.4 is 0 Å². The topological polar surface area (TPSA) is 47.4 Å². The van der Waals surface area contributed by atoms with E-state index in [-0.39, 0.29) is 11.9 Å². The van der Waals surface area contributed by atoms with Gasteiger partial charge < -0.3 is 9.64 Å². The zero-order valence-electron chi connectivity index (χ0n) is 15.3. The predicted molar refractivity (Wildman–Crippen MR) is 97.7 cm³/mol. The van der Waals surface area contributed by atoms with Gasteiger partial charge in [0, 0.05) is 25.9 Å². The van der Waals surface area contributed by atoms with Crippen LogP contribution in [0.15, 0.2) is 36.4 Å². The van der Waals surface area contributed by atoms with Gasteiger partial charge in [-0.05, 0) is 30.4 Å². The van der Waals surface area contributed by atoms with E-state index in [9.17, 15) is 4.79 Å². The molecular formula is C20H27N3O2. The van der Waals surface area contributed by atoms with Crippen molar-refractivity contribution in [2.45, 2.75) is 38.6 Å². The van der Waals surface area contributed by atoms with Gasteiger partial charge in [0.25, 0.3) is 5.91 Å². The molecule has 1 aliphatic heterocycles. The predicted octanol–water partition coefficient (Wildman–Crippen LogP) is 3.02. The number of benzene rings is 1. The summed E-state index contributed by atoms with van der Waals surface area (Å²) in [6, 6.07) is 12.4. The summed E-state index contributed by atoms with van der Waals surface area (Å²) in [6.45, 7) is 6.25. The highest BCUT2D eigenvalue weighted by atomic mass is 16.5. The van der Waals surface area contributed by atoms with Crippen molar-refractivity contribution in [3.8, 4) is 0 Å². The van der Waals surface area contributed by atoms with Gasteiger partial charge in [-0.25, -0.2) is 0 Å². The first kappa shape index (κ1) is 17.7. The minimum atomic E-state index is 0.00827. The van der Waals surface area contributed by atoms with Crippen LogP contribution in [0.4, 0.5) is 0 Å². The fraction of sp³-hybridized carbons (Fsp3) is 0.500. The molecule has 3 rings (SSSR count). The summed E-state index contributed by atoms with van der Waals surface area (Å²) >= 11 is 0. The minimum Gasteiger partial charge on any atom is -0.379 e. The third kappa shape index (κ3) is 4.10. The third-order valence-electron chi connectivity index (χ3n) is 4.82. The van der Waals surface area contributed by atoms with Crippen molar-refractivity contribution in [1.29, 1.82) is 0 Å². The standard InChI is InChI=1S/C20H27N3O2/c1-15(2)19-13-18(21-22(19)3)20(24)23(17-10-12-25-14-17)11-9-16-7-5-4-6-8-16/h4-8,13,15,17H,9-12,14H2,1-3H3/t17-/m0/s1. The van der Waals surface area contributed by atoms with Gasteiger partial charge in [0.15, 0.2) is 5.69 Å². The van der Waals surface area contributed by atoms with Crippen molar-refractivity contribution in [2.24, 2.45) is 7.05 Å². The van der Waals surface area contributed by atoms with E-state index >= 15 is 0 Å². The number of nitrogens with zero attached hydrogens (tertiary/aromatic N) is 3. The van der Waals surface area contributed by atoms with Crippen LogP contribution >= 0.6 is 0 Å². The lowest BCUT2D eigenvalue weighted by Crippen LogP contribution is -2.42. The molecule has 5 heteroatoms. The number of hydrogen-bond donors (Lipinski definition) is 0. The van der Waals surface area contributed by atoms with Gasteiger partial charge in [-0.2, -0.15) is 5.10 Å². The van der Waals surface area contributed by atoms with Gasteiger partial charge in [-0.1, -0.05) is 44.2 Å². The Morgan fingerprint density at radius 2 is 2.12 bits per heavy atom. The molecule has 1 aliphatic rings. The molecule has 0 spiro atoms. The van der Waals surface area contributed by atoms with Crippen LogP contribution in [0.2, 0.25) is 0 Å². The molecule has 0 unspecified atom stereocenters. The van der Waals surface area contributed by atoms with E-state index in [1.807, 2.05) is 40.9 Å². The summed E-state index contributed by atoms with van der Waals surface area (Å²) in [5.74, 6) is 0.348. The monoisotopic (exact) mass is 341 g/mol.